The summed E-state index contributed by atoms with van der Waals surface area (Å²) in [6, 6.07) is 72.6. The normalized spacial score (nSPS) is 12.2. The highest BCUT2D eigenvalue weighted by Crippen LogP contribution is 2.41. The van der Waals surface area contributed by atoms with Crippen LogP contribution in [0, 0.1) is 11.3 Å². The highest BCUT2D eigenvalue weighted by atomic mass is 15.1. The number of para-hydroxylation sites is 4. The first-order valence-electron chi connectivity index (χ1n) is 20.2. The lowest BCUT2D eigenvalue weighted by Crippen LogP contribution is -2.57. The molecule has 6 nitrogen and oxygen atoms in total. The van der Waals surface area contributed by atoms with Crippen molar-refractivity contribution in [1.29, 1.82) is 5.26 Å². The van der Waals surface area contributed by atoms with Crippen LogP contribution in [-0.2, 0) is 0 Å². The van der Waals surface area contributed by atoms with Crippen LogP contribution < -0.4 is 15.7 Å². The van der Waals surface area contributed by atoms with Gasteiger partial charge in [-0.15, -0.1) is 0 Å². The van der Waals surface area contributed by atoms with Gasteiger partial charge in [-0.2, -0.15) is 5.26 Å². The maximum Gasteiger partial charge on any atom is 0.328 e. The summed E-state index contributed by atoms with van der Waals surface area (Å²) >= 11 is 0. The molecule has 11 aromatic rings. The molecule has 0 amide bonds. The molecule has 3 aromatic heterocycles. The lowest BCUT2D eigenvalue weighted by atomic mass is 9.46. The van der Waals surface area contributed by atoms with Crippen molar-refractivity contribution in [2.45, 2.75) is 0 Å². The third-order valence-electron chi connectivity index (χ3n) is 12.0. The number of nitrogens with zero attached hydrogens (tertiary/aromatic N) is 6. The van der Waals surface area contributed by atoms with Crippen LogP contribution in [0.2, 0.25) is 0 Å². The van der Waals surface area contributed by atoms with E-state index in [1.165, 1.54) is 22.1 Å². The highest BCUT2D eigenvalue weighted by molar-refractivity contribution is 6.90. The van der Waals surface area contributed by atoms with E-state index in [1.54, 1.807) is 0 Å². The molecule has 0 N–H and O–H groups in total. The number of fused-ring (bicyclic) bond motifs is 9. The fraction of sp³-hybridized carbons (Fsp3) is 0. The highest BCUT2D eigenvalue weighted by Gasteiger charge is 2.36. The topological polar surface area (TPSA) is 62.7 Å². The predicted molar refractivity (Wildman–Crippen MR) is 246 cm³/mol. The van der Waals surface area contributed by atoms with E-state index in [4.69, 9.17) is 9.97 Å². The molecule has 12 rings (SSSR count). The minimum absolute atomic E-state index is 0.0264. The Labute approximate surface area is 346 Å². The summed E-state index contributed by atoms with van der Waals surface area (Å²) in [7, 11) is 0. The van der Waals surface area contributed by atoms with Crippen molar-refractivity contribution in [3.8, 4) is 40.2 Å². The van der Waals surface area contributed by atoms with Gasteiger partial charge < -0.3 is 4.81 Å². The van der Waals surface area contributed by atoms with Crippen molar-refractivity contribution in [1.82, 2.24) is 19.1 Å². The lowest BCUT2D eigenvalue weighted by Gasteiger charge is -2.39. The molecule has 4 heterocycles. The Hall–Kier alpha value is -8.21. The van der Waals surface area contributed by atoms with Crippen LogP contribution in [0.25, 0.3) is 77.8 Å². The maximum atomic E-state index is 9.85. The first-order valence-corrected chi connectivity index (χ1v) is 20.2. The van der Waals surface area contributed by atoms with Gasteiger partial charge in [0, 0.05) is 50.1 Å². The number of aromatic nitrogens is 4. The molecule has 0 spiro atoms. The van der Waals surface area contributed by atoms with E-state index in [1.807, 2.05) is 24.3 Å². The minimum atomic E-state index is -0.0264. The number of anilines is 2. The SMILES string of the molecule is N#Cc1ccc2c(c1)c1ccccc1n2-c1cc(-n2c3ccccc3c3ccccc32)nc(-c2ccc(N3B(c4ccccc4)c4ccccc4-c4ccccc43)cc2)n1. The van der Waals surface area contributed by atoms with E-state index in [0.717, 1.165) is 72.2 Å². The molecule has 7 heteroatoms. The molecule has 0 fully saturated rings. The van der Waals surface area contributed by atoms with Crippen molar-refractivity contribution >= 4 is 72.8 Å². The van der Waals surface area contributed by atoms with Crippen molar-refractivity contribution in [2.75, 3.05) is 4.81 Å². The van der Waals surface area contributed by atoms with Gasteiger partial charge in [0.1, 0.15) is 11.6 Å². The molecule has 0 saturated heterocycles. The van der Waals surface area contributed by atoms with Gasteiger partial charge in [0.25, 0.3) is 0 Å². The molecule has 0 atom stereocenters. The molecule has 1 aliphatic heterocycles. The van der Waals surface area contributed by atoms with E-state index in [0.29, 0.717) is 11.4 Å². The van der Waals surface area contributed by atoms with Gasteiger partial charge in [-0.05, 0) is 77.8 Å². The predicted octanol–water partition coefficient (Wildman–Crippen LogP) is 11.1. The number of nitriles is 1. The lowest BCUT2D eigenvalue weighted by molar-refractivity contribution is 0.994. The van der Waals surface area contributed by atoms with E-state index in [2.05, 4.69) is 196 Å². The molecule has 0 unspecified atom stereocenters. The van der Waals surface area contributed by atoms with E-state index < -0.39 is 0 Å². The number of hydrogen-bond donors (Lipinski definition) is 0. The number of benzene rings is 8. The second-order valence-corrected chi connectivity index (χ2v) is 15.3. The number of rotatable bonds is 5. The van der Waals surface area contributed by atoms with Crippen LogP contribution >= 0.6 is 0 Å². The molecule has 0 bridgehead atoms. The molecule has 0 radical (unpaired) electrons. The smallest absolute Gasteiger partial charge is 0.328 e. The van der Waals surface area contributed by atoms with Crippen LogP contribution in [0.5, 0.6) is 0 Å². The molecular formula is C53H33BN6. The summed E-state index contributed by atoms with van der Waals surface area (Å²) in [4.78, 5) is 13.2. The van der Waals surface area contributed by atoms with Gasteiger partial charge in [0.05, 0.1) is 33.7 Å². The molecular weight excluding hydrogens is 731 g/mol. The second-order valence-electron chi connectivity index (χ2n) is 15.3. The Kier molecular flexibility index (Phi) is 7.59. The first kappa shape index (κ1) is 33.9. The third kappa shape index (κ3) is 5.15. The largest absolute Gasteiger partial charge is 0.376 e. The third-order valence-corrected chi connectivity index (χ3v) is 12.0. The summed E-state index contributed by atoms with van der Waals surface area (Å²) in [5, 5.41) is 14.2. The van der Waals surface area contributed by atoms with Gasteiger partial charge >= 0.3 is 6.85 Å². The Morgan fingerprint density at radius 3 is 1.63 bits per heavy atom. The summed E-state index contributed by atoms with van der Waals surface area (Å²) in [6.07, 6.45) is 0. The Morgan fingerprint density at radius 1 is 0.450 bits per heavy atom. The summed E-state index contributed by atoms with van der Waals surface area (Å²) in [5.74, 6) is 2.11. The average molecular weight is 765 g/mol. The zero-order valence-electron chi connectivity index (χ0n) is 32.3. The van der Waals surface area contributed by atoms with Crippen LogP contribution in [0.15, 0.2) is 200 Å². The van der Waals surface area contributed by atoms with Crippen molar-refractivity contribution in [3.63, 3.8) is 0 Å². The van der Waals surface area contributed by atoms with Gasteiger partial charge in [-0.3, -0.25) is 9.13 Å². The second kappa shape index (κ2) is 13.4. The first-order chi connectivity index (χ1) is 29.7. The van der Waals surface area contributed by atoms with Gasteiger partial charge in [-0.1, -0.05) is 133 Å². The Bertz CT molecular complexity index is 3470. The zero-order chi connectivity index (χ0) is 39.7. The van der Waals surface area contributed by atoms with Gasteiger partial charge in [0.15, 0.2) is 5.82 Å². The van der Waals surface area contributed by atoms with Crippen LogP contribution in [0.1, 0.15) is 5.56 Å². The standard InChI is InChI=1S/C53H33BN6/c55-34-35-26-31-49-44(32-35)43-20-7-12-24-48(43)59(49)52-33-51(58-46-22-10-5-18-41(46)42-19-6-11-23-47(42)58)56-53(57-52)36-27-29-38(30-28-36)60-50-25-13-8-17-40(50)39-16-4-9-21-45(39)54(60)37-14-2-1-3-15-37/h1-33H. The van der Waals surface area contributed by atoms with Crippen molar-refractivity contribution in [2.24, 2.45) is 0 Å². The van der Waals surface area contributed by atoms with Crippen molar-refractivity contribution < 1.29 is 0 Å². The Morgan fingerprint density at radius 2 is 0.983 bits per heavy atom. The van der Waals surface area contributed by atoms with E-state index in [-0.39, 0.29) is 6.85 Å². The van der Waals surface area contributed by atoms with Crippen molar-refractivity contribution in [3.05, 3.63) is 206 Å². The summed E-state index contributed by atoms with van der Waals surface area (Å²) in [6.45, 7) is -0.0264. The van der Waals surface area contributed by atoms with Gasteiger partial charge in [-0.25, -0.2) is 9.97 Å². The fourth-order valence-electron chi connectivity index (χ4n) is 9.43. The quantitative estimate of drug-likeness (QED) is 0.164. The molecule has 278 valence electrons. The molecule has 8 aromatic carbocycles. The summed E-state index contributed by atoms with van der Waals surface area (Å²) in [5.41, 5.74) is 12.8. The minimum Gasteiger partial charge on any atom is -0.376 e. The van der Waals surface area contributed by atoms with Crippen LogP contribution in [0.4, 0.5) is 11.4 Å². The van der Waals surface area contributed by atoms with Gasteiger partial charge in [0.2, 0.25) is 0 Å². The van der Waals surface area contributed by atoms with E-state index >= 15 is 0 Å². The zero-order valence-corrected chi connectivity index (χ0v) is 32.3. The van der Waals surface area contributed by atoms with Crippen LogP contribution in [-0.4, -0.2) is 25.9 Å². The monoisotopic (exact) mass is 764 g/mol. The van der Waals surface area contributed by atoms with E-state index in [9.17, 15) is 5.26 Å². The molecule has 60 heavy (non-hydrogen) atoms. The molecule has 1 aliphatic rings. The number of hydrogen-bond acceptors (Lipinski definition) is 4. The average Bonchev–Trinajstić information content (AvgIpc) is 3.84. The summed E-state index contributed by atoms with van der Waals surface area (Å²) < 4.78 is 4.46. The van der Waals surface area contributed by atoms with Crippen LogP contribution in [0.3, 0.4) is 0 Å². The fourth-order valence-corrected chi connectivity index (χ4v) is 9.43. The Balaban J connectivity index is 1.08. The maximum absolute atomic E-state index is 9.85. The molecule has 0 saturated carbocycles. The molecule has 0 aliphatic carbocycles.